The molecule has 1 aromatic carbocycles. The molecule has 152 valence electrons. The summed E-state index contributed by atoms with van der Waals surface area (Å²) >= 11 is 0. The van der Waals surface area contributed by atoms with Crippen LogP contribution in [0.25, 0.3) is 11.1 Å². The molecule has 0 aliphatic heterocycles. The van der Waals surface area contributed by atoms with Crippen molar-refractivity contribution in [2.75, 3.05) is 0 Å². The van der Waals surface area contributed by atoms with Crippen molar-refractivity contribution in [2.45, 2.75) is 13.8 Å². The van der Waals surface area contributed by atoms with Crippen LogP contribution in [0.5, 0.6) is 0 Å². The van der Waals surface area contributed by atoms with E-state index in [-0.39, 0.29) is 24.1 Å². The number of hydrogen-bond acceptors (Lipinski definition) is 2. The van der Waals surface area contributed by atoms with Gasteiger partial charge < -0.3 is 10.2 Å². The Morgan fingerprint density at radius 2 is 1.32 bits per heavy atom. The average molecular weight is 429 g/mol. The quantitative estimate of drug-likeness (QED) is 0.329. The van der Waals surface area contributed by atoms with Gasteiger partial charge in [0, 0.05) is 16.0 Å². The van der Waals surface area contributed by atoms with Crippen molar-refractivity contribution in [2.24, 2.45) is 5.41 Å². The Morgan fingerprint density at radius 1 is 0.857 bits per heavy atom. The van der Waals surface area contributed by atoms with Crippen molar-refractivity contribution in [1.29, 1.82) is 0 Å². The lowest BCUT2D eigenvalue weighted by molar-refractivity contribution is -0.159. The first-order valence-electron chi connectivity index (χ1n) is 7.15. The van der Waals surface area contributed by atoms with E-state index >= 15 is 0 Å². The summed E-state index contributed by atoms with van der Waals surface area (Å²) in [6.45, 7) is 2.31. The minimum absolute atomic E-state index is 0. The summed E-state index contributed by atoms with van der Waals surface area (Å²) in [5, 5.41) is 15.9. The normalized spacial score (nSPS) is 17.3. The van der Waals surface area contributed by atoms with E-state index in [1.54, 1.807) is 0 Å². The molecule has 11 heteroatoms. The average Bonchev–Trinajstić information content (AvgIpc) is 2.58. The van der Waals surface area contributed by atoms with Crippen LogP contribution in [0.3, 0.4) is 0 Å². The van der Waals surface area contributed by atoms with E-state index in [4.69, 9.17) is 10.2 Å². The predicted molar refractivity (Wildman–Crippen MR) is 87.0 cm³/mol. The van der Waals surface area contributed by atoms with Gasteiger partial charge in [0.25, 0.3) is 0 Å². The molecule has 0 saturated heterocycles. The molecule has 0 unspecified atom stereocenters. The van der Waals surface area contributed by atoms with Crippen LogP contribution in [0.2, 0.25) is 0 Å². The van der Waals surface area contributed by atoms with E-state index in [2.05, 4.69) is 0 Å². The number of carboxylic acids is 2. The van der Waals surface area contributed by atoms with Gasteiger partial charge in [0.2, 0.25) is 5.41 Å². The Kier molecular flexibility index (Phi) is 6.41. The second kappa shape index (κ2) is 7.70. The maximum Gasteiger partial charge on any atom is 0.332 e. The SMILES string of the molecule is CC(C)=c1c(F)c(F)c(F)c(F)c1=C1C=CC(C(=O)O)(C(=O)O)C(F)=C1F.Cl. The molecule has 0 bridgehead atoms. The van der Waals surface area contributed by atoms with E-state index in [1.807, 2.05) is 0 Å². The largest absolute Gasteiger partial charge is 0.480 e. The standard InChI is InChI=1S/C17H10F6O4.ClH/c1-5(2)7-8(11(20)13(22)12(21)10(7)19)6-3-4-17(15(24)25,16(26)27)14(23)9(6)18;/h3-4H,1-2H3,(H,24,25)(H,26,27);1H. The summed E-state index contributed by atoms with van der Waals surface area (Å²) in [5.74, 6) is -17.4. The highest BCUT2D eigenvalue weighted by Crippen LogP contribution is 2.41. The van der Waals surface area contributed by atoms with Gasteiger partial charge in [-0.2, -0.15) is 0 Å². The fourth-order valence-electron chi connectivity index (χ4n) is 2.61. The van der Waals surface area contributed by atoms with Crippen LogP contribution in [-0.4, -0.2) is 22.2 Å². The van der Waals surface area contributed by atoms with Crippen LogP contribution in [0.4, 0.5) is 26.3 Å². The van der Waals surface area contributed by atoms with Crippen LogP contribution in [0, 0.1) is 28.7 Å². The molecule has 1 aliphatic rings. The van der Waals surface area contributed by atoms with Crippen molar-refractivity contribution >= 4 is 35.5 Å². The predicted octanol–water partition coefficient (Wildman–Crippen LogP) is 2.88. The van der Waals surface area contributed by atoms with Gasteiger partial charge in [0.1, 0.15) is 0 Å². The van der Waals surface area contributed by atoms with E-state index in [1.165, 1.54) is 0 Å². The first-order chi connectivity index (χ1) is 12.4. The minimum atomic E-state index is -3.44. The van der Waals surface area contributed by atoms with E-state index in [9.17, 15) is 35.9 Å². The molecular weight excluding hydrogens is 418 g/mol. The number of halogens is 7. The highest BCUT2D eigenvalue weighted by atomic mass is 35.5. The van der Waals surface area contributed by atoms with Gasteiger partial charge in [-0.15, -0.1) is 12.4 Å². The van der Waals surface area contributed by atoms with Crippen LogP contribution >= 0.6 is 12.4 Å². The molecule has 0 fully saturated rings. The fraction of sp³-hybridized carbons (Fsp3) is 0.176. The van der Waals surface area contributed by atoms with Gasteiger partial charge in [-0.25, -0.2) is 26.3 Å². The molecule has 28 heavy (non-hydrogen) atoms. The Labute approximate surface area is 159 Å². The molecule has 0 spiro atoms. The molecular formula is C17H11ClF6O4. The van der Waals surface area contributed by atoms with Crippen LogP contribution in [0.1, 0.15) is 13.8 Å². The zero-order chi connectivity index (χ0) is 20.8. The van der Waals surface area contributed by atoms with Crippen LogP contribution in [0.15, 0.2) is 23.8 Å². The zero-order valence-electron chi connectivity index (χ0n) is 14.0. The summed E-state index contributed by atoms with van der Waals surface area (Å²) < 4.78 is 84.3. The highest BCUT2D eigenvalue weighted by molar-refractivity contribution is 6.05. The number of hydrogen-bond donors (Lipinski definition) is 2. The van der Waals surface area contributed by atoms with Gasteiger partial charge in [-0.1, -0.05) is 11.6 Å². The summed E-state index contributed by atoms with van der Waals surface area (Å²) in [5.41, 5.74) is -4.74. The van der Waals surface area contributed by atoms with Gasteiger partial charge in [0.05, 0.1) is 0 Å². The highest BCUT2D eigenvalue weighted by Gasteiger charge is 2.53. The lowest BCUT2D eigenvalue weighted by atomic mass is 9.80. The lowest BCUT2D eigenvalue weighted by Crippen LogP contribution is -2.42. The molecule has 0 atom stereocenters. The Hall–Kier alpha value is -2.75. The third-order valence-electron chi connectivity index (χ3n) is 3.99. The molecule has 0 saturated carbocycles. The monoisotopic (exact) mass is 428 g/mol. The fourth-order valence-corrected chi connectivity index (χ4v) is 2.61. The van der Waals surface area contributed by atoms with E-state index in [0.717, 1.165) is 13.8 Å². The molecule has 0 amide bonds. The molecule has 1 aromatic rings. The molecule has 1 aliphatic carbocycles. The number of rotatable bonds is 2. The van der Waals surface area contributed by atoms with Crippen molar-refractivity contribution in [3.63, 3.8) is 0 Å². The third-order valence-corrected chi connectivity index (χ3v) is 3.99. The molecule has 2 N–H and O–H groups in total. The van der Waals surface area contributed by atoms with Crippen molar-refractivity contribution in [1.82, 2.24) is 0 Å². The molecule has 0 heterocycles. The Morgan fingerprint density at radius 3 is 1.75 bits per heavy atom. The number of benzene rings is 1. The van der Waals surface area contributed by atoms with E-state index < -0.39 is 68.3 Å². The van der Waals surface area contributed by atoms with Crippen molar-refractivity contribution < 1.29 is 46.1 Å². The van der Waals surface area contributed by atoms with Crippen LogP contribution in [-0.2, 0) is 9.59 Å². The van der Waals surface area contributed by atoms with Gasteiger partial charge in [-0.05, 0) is 19.9 Å². The third kappa shape index (κ3) is 3.07. The number of carbonyl (C=O) groups is 2. The summed E-state index contributed by atoms with van der Waals surface area (Å²) in [6.07, 6.45) is 0.557. The smallest absolute Gasteiger partial charge is 0.332 e. The maximum atomic E-state index is 14.5. The van der Waals surface area contributed by atoms with E-state index in [0.29, 0.717) is 6.08 Å². The zero-order valence-corrected chi connectivity index (χ0v) is 14.9. The lowest BCUT2D eigenvalue weighted by Gasteiger charge is -2.23. The molecule has 0 aromatic heterocycles. The number of carboxylic acid groups (broad SMARTS) is 2. The second-order valence-electron chi connectivity index (χ2n) is 5.80. The second-order valence-corrected chi connectivity index (χ2v) is 5.80. The maximum absolute atomic E-state index is 14.5. The topological polar surface area (TPSA) is 74.6 Å². The summed E-state index contributed by atoms with van der Waals surface area (Å²) in [6, 6.07) is 0. The number of allylic oxidation sites excluding steroid dienone is 2. The van der Waals surface area contributed by atoms with Crippen molar-refractivity contribution in [3.8, 4) is 0 Å². The van der Waals surface area contributed by atoms with Gasteiger partial charge >= 0.3 is 11.9 Å². The van der Waals surface area contributed by atoms with Crippen molar-refractivity contribution in [3.05, 3.63) is 57.5 Å². The summed E-state index contributed by atoms with van der Waals surface area (Å²) in [4.78, 5) is 22.4. The molecule has 4 nitrogen and oxygen atoms in total. The number of aliphatic carboxylic acids is 2. The van der Waals surface area contributed by atoms with Gasteiger partial charge in [-0.3, -0.25) is 9.59 Å². The summed E-state index contributed by atoms with van der Waals surface area (Å²) in [7, 11) is 0. The first kappa shape index (κ1) is 23.3. The van der Waals surface area contributed by atoms with Crippen LogP contribution < -0.4 is 10.4 Å². The first-order valence-corrected chi connectivity index (χ1v) is 7.15. The molecule has 2 rings (SSSR count). The Balaban J connectivity index is 0.00000392. The van der Waals surface area contributed by atoms with Gasteiger partial charge in [0.15, 0.2) is 34.9 Å². The Bertz CT molecular complexity index is 1060. The molecule has 0 radical (unpaired) electrons. The minimum Gasteiger partial charge on any atom is -0.480 e.